The maximum atomic E-state index is 11.4. The van der Waals surface area contributed by atoms with E-state index < -0.39 is 0 Å². The van der Waals surface area contributed by atoms with E-state index in [0.717, 1.165) is 19.3 Å². The summed E-state index contributed by atoms with van der Waals surface area (Å²) in [6, 6.07) is 0. The molecule has 2 amide bonds. The molecular formula is C13H24N2O3. The van der Waals surface area contributed by atoms with Gasteiger partial charge in [-0.05, 0) is 19.3 Å². The molecule has 0 unspecified atom stereocenters. The number of carbonyl (C=O) groups is 2. The molecule has 0 spiro atoms. The molecule has 0 bridgehead atoms. The van der Waals surface area contributed by atoms with Gasteiger partial charge >= 0.3 is 0 Å². The lowest BCUT2D eigenvalue weighted by atomic mass is 9.98. The van der Waals surface area contributed by atoms with Gasteiger partial charge in [-0.25, -0.2) is 0 Å². The van der Waals surface area contributed by atoms with Crippen LogP contribution >= 0.6 is 0 Å². The number of rotatable bonds is 7. The van der Waals surface area contributed by atoms with E-state index in [9.17, 15) is 9.59 Å². The van der Waals surface area contributed by atoms with Crippen molar-refractivity contribution in [3.8, 4) is 0 Å². The second-order valence-corrected chi connectivity index (χ2v) is 4.70. The van der Waals surface area contributed by atoms with Crippen molar-refractivity contribution in [2.45, 2.75) is 51.6 Å². The molecule has 0 aromatic heterocycles. The Labute approximate surface area is 109 Å². The van der Waals surface area contributed by atoms with Gasteiger partial charge in [-0.2, -0.15) is 0 Å². The third-order valence-corrected chi connectivity index (χ3v) is 3.02. The van der Waals surface area contributed by atoms with Gasteiger partial charge in [0, 0.05) is 6.54 Å². The molecule has 18 heavy (non-hydrogen) atoms. The molecule has 1 aliphatic carbocycles. The van der Waals surface area contributed by atoms with E-state index in [1.54, 1.807) is 0 Å². The van der Waals surface area contributed by atoms with E-state index in [1.807, 2.05) is 6.92 Å². The van der Waals surface area contributed by atoms with Gasteiger partial charge in [0.05, 0.1) is 12.6 Å². The average Bonchev–Trinajstić information content (AvgIpc) is 2.41. The predicted octanol–water partition coefficient (Wildman–Crippen LogP) is 0.978. The van der Waals surface area contributed by atoms with Crippen LogP contribution in [0.5, 0.6) is 0 Å². The Bertz CT molecular complexity index is 263. The van der Waals surface area contributed by atoms with Crippen LogP contribution in [-0.4, -0.2) is 37.6 Å². The second kappa shape index (κ2) is 8.91. The van der Waals surface area contributed by atoms with Crippen molar-refractivity contribution in [1.82, 2.24) is 10.6 Å². The average molecular weight is 256 g/mol. The Kier molecular flexibility index (Phi) is 7.41. The van der Waals surface area contributed by atoms with Gasteiger partial charge in [0.15, 0.2) is 0 Å². The van der Waals surface area contributed by atoms with Crippen LogP contribution in [0.4, 0.5) is 0 Å². The highest BCUT2D eigenvalue weighted by molar-refractivity contribution is 5.85. The monoisotopic (exact) mass is 256 g/mol. The van der Waals surface area contributed by atoms with Crippen LogP contribution in [0, 0.1) is 0 Å². The molecule has 1 saturated carbocycles. The molecule has 0 atom stereocenters. The summed E-state index contributed by atoms with van der Waals surface area (Å²) in [6.07, 6.45) is 6.85. The third-order valence-electron chi connectivity index (χ3n) is 3.02. The van der Waals surface area contributed by atoms with Crippen molar-refractivity contribution in [3.05, 3.63) is 0 Å². The Morgan fingerprint density at radius 3 is 2.50 bits per heavy atom. The highest BCUT2D eigenvalue weighted by Crippen LogP contribution is 2.19. The van der Waals surface area contributed by atoms with Crippen LogP contribution < -0.4 is 10.6 Å². The third kappa shape index (κ3) is 6.59. The molecule has 1 aliphatic rings. The van der Waals surface area contributed by atoms with E-state index in [2.05, 4.69) is 10.6 Å². The van der Waals surface area contributed by atoms with Gasteiger partial charge in [-0.15, -0.1) is 0 Å². The van der Waals surface area contributed by atoms with Gasteiger partial charge < -0.3 is 15.4 Å². The summed E-state index contributed by atoms with van der Waals surface area (Å²) >= 11 is 0. The number of hydrogen-bond acceptors (Lipinski definition) is 3. The number of hydrogen-bond donors (Lipinski definition) is 2. The fraction of sp³-hybridized carbons (Fsp3) is 0.846. The molecule has 1 rings (SSSR count). The van der Waals surface area contributed by atoms with E-state index in [0.29, 0.717) is 6.54 Å². The smallest absolute Gasteiger partial charge is 0.246 e. The van der Waals surface area contributed by atoms with E-state index in [-0.39, 0.29) is 31.1 Å². The highest BCUT2D eigenvalue weighted by atomic mass is 16.5. The largest absolute Gasteiger partial charge is 0.368 e. The van der Waals surface area contributed by atoms with Gasteiger partial charge in [0.2, 0.25) is 11.8 Å². The molecule has 5 nitrogen and oxygen atoms in total. The topological polar surface area (TPSA) is 67.4 Å². The normalized spacial score (nSPS) is 16.3. The molecule has 0 aromatic rings. The Morgan fingerprint density at radius 1 is 1.11 bits per heavy atom. The summed E-state index contributed by atoms with van der Waals surface area (Å²) in [5.74, 6) is -0.366. The number of ether oxygens (including phenoxy) is 1. The number of carbonyl (C=O) groups excluding carboxylic acids is 2. The molecule has 0 radical (unpaired) electrons. The van der Waals surface area contributed by atoms with Gasteiger partial charge in [0.25, 0.3) is 0 Å². The van der Waals surface area contributed by atoms with E-state index in [1.165, 1.54) is 19.3 Å². The summed E-state index contributed by atoms with van der Waals surface area (Å²) in [6.45, 7) is 2.72. The molecule has 1 fully saturated rings. The maximum Gasteiger partial charge on any atom is 0.246 e. The molecule has 0 heterocycles. The van der Waals surface area contributed by atoms with Crippen LogP contribution in [-0.2, 0) is 14.3 Å². The molecule has 0 saturated heterocycles. The lowest BCUT2D eigenvalue weighted by molar-refractivity contribution is -0.131. The molecule has 5 heteroatoms. The van der Waals surface area contributed by atoms with Crippen molar-refractivity contribution in [2.24, 2.45) is 0 Å². The zero-order chi connectivity index (χ0) is 13.2. The van der Waals surface area contributed by atoms with Crippen LogP contribution in [0.3, 0.4) is 0 Å². The summed E-state index contributed by atoms with van der Waals surface area (Å²) in [5, 5.41) is 5.25. The molecule has 0 aromatic carbocycles. The van der Waals surface area contributed by atoms with Crippen LogP contribution in [0.1, 0.15) is 45.4 Å². The minimum Gasteiger partial charge on any atom is -0.368 e. The van der Waals surface area contributed by atoms with Gasteiger partial charge in [0.1, 0.15) is 6.61 Å². The van der Waals surface area contributed by atoms with Crippen LogP contribution in [0.25, 0.3) is 0 Å². The van der Waals surface area contributed by atoms with Crippen molar-refractivity contribution < 1.29 is 14.3 Å². The second-order valence-electron chi connectivity index (χ2n) is 4.70. The summed E-state index contributed by atoms with van der Waals surface area (Å²) in [4.78, 5) is 22.7. The van der Waals surface area contributed by atoms with E-state index in [4.69, 9.17) is 4.74 Å². The first kappa shape index (κ1) is 15.0. The lowest BCUT2D eigenvalue weighted by Gasteiger charge is -2.21. The summed E-state index contributed by atoms with van der Waals surface area (Å²) in [7, 11) is 0. The fourth-order valence-corrected chi connectivity index (χ4v) is 1.98. The van der Waals surface area contributed by atoms with Crippen molar-refractivity contribution in [3.63, 3.8) is 0 Å². The zero-order valence-corrected chi connectivity index (χ0v) is 11.2. The van der Waals surface area contributed by atoms with Crippen LogP contribution in [0.2, 0.25) is 0 Å². The standard InChI is InChI=1S/C13H24N2O3/c1-2-8-14-12(16)9-15-13(17)10-18-11-6-4-3-5-7-11/h11H,2-10H2,1H3,(H,14,16)(H,15,17). The first-order chi connectivity index (χ1) is 8.72. The molecule has 2 N–H and O–H groups in total. The van der Waals surface area contributed by atoms with Crippen LogP contribution in [0.15, 0.2) is 0 Å². The van der Waals surface area contributed by atoms with E-state index >= 15 is 0 Å². The molecule has 104 valence electrons. The minimum absolute atomic E-state index is 0.0346. The highest BCUT2D eigenvalue weighted by Gasteiger charge is 2.15. The number of amides is 2. The summed E-state index contributed by atoms with van der Waals surface area (Å²) < 4.78 is 5.51. The first-order valence-corrected chi connectivity index (χ1v) is 6.87. The molecule has 0 aliphatic heterocycles. The Morgan fingerprint density at radius 2 is 1.83 bits per heavy atom. The lowest BCUT2D eigenvalue weighted by Crippen LogP contribution is -2.39. The van der Waals surface area contributed by atoms with Gasteiger partial charge in [-0.3, -0.25) is 9.59 Å². The predicted molar refractivity (Wildman–Crippen MR) is 69.1 cm³/mol. The van der Waals surface area contributed by atoms with Crippen molar-refractivity contribution >= 4 is 11.8 Å². The minimum atomic E-state index is -0.216. The Hall–Kier alpha value is -1.10. The van der Waals surface area contributed by atoms with Crippen molar-refractivity contribution in [2.75, 3.05) is 19.7 Å². The SMILES string of the molecule is CCCNC(=O)CNC(=O)COC1CCCCC1. The molecular weight excluding hydrogens is 232 g/mol. The van der Waals surface area contributed by atoms with Gasteiger partial charge in [-0.1, -0.05) is 26.2 Å². The first-order valence-electron chi connectivity index (χ1n) is 6.87. The quantitative estimate of drug-likeness (QED) is 0.713. The maximum absolute atomic E-state index is 11.4. The Balaban J connectivity index is 2.04. The number of nitrogens with one attached hydrogen (secondary N) is 2. The van der Waals surface area contributed by atoms with Crippen molar-refractivity contribution in [1.29, 1.82) is 0 Å². The fourth-order valence-electron chi connectivity index (χ4n) is 1.98. The summed E-state index contributed by atoms with van der Waals surface area (Å²) in [5.41, 5.74) is 0. The zero-order valence-electron chi connectivity index (χ0n) is 11.2.